The van der Waals surface area contributed by atoms with E-state index in [2.05, 4.69) is 17.1 Å². The molecule has 0 radical (unpaired) electrons. The minimum Gasteiger partial charge on any atom is -0.465 e. The van der Waals surface area contributed by atoms with Crippen molar-refractivity contribution in [2.75, 3.05) is 26.7 Å². The number of carbonyl (C=O) groups excluding carboxylic acids is 1. The highest BCUT2D eigenvalue weighted by molar-refractivity contribution is 5.90. The van der Waals surface area contributed by atoms with E-state index in [0.717, 1.165) is 31.7 Å². The summed E-state index contributed by atoms with van der Waals surface area (Å²) in [7, 11) is 1.42. The normalized spacial score (nSPS) is 20.7. The number of hydrogen-bond acceptors (Lipinski definition) is 4. The highest BCUT2D eigenvalue weighted by Gasteiger charge is 2.20. The summed E-state index contributed by atoms with van der Waals surface area (Å²) in [4.78, 5) is 14.1. The molecule has 0 spiro atoms. The van der Waals surface area contributed by atoms with Crippen LogP contribution in [0.2, 0.25) is 0 Å². The molecular weight excluding hydrogens is 228 g/mol. The number of hydrogen-bond donors (Lipinski definition) is 1. The summed E-state index contributed by atoms with van der Waals surface area (Å²) in [5, 5.41) is 3.37. The quantitative estimate of drug-likeness (QED) is 0.818. The molecule has 2 rings (SSSR count). The van der Waals surface area contributed by atoms with Gasteiger partial charge in [-0.2, -0.15) is 0 Å². The zero-order valence-corrected chi connectivity index (χ0v) is 11.0. The Hall–Kier alpha value is -1.39. The molecule has 4 heteroatoms. The number of rotatable bonds is 3. The zero-order valence-electron chi connectivity index (χ0n) is 11.0. The number of nitrogens with one attached hydrogen (secondary N) is 1. The topological polar surface area (TPSA) is 41.6 Å². The summed E-state index contributed by atoms with van der Waals surface area (Å²) in [5.41, 5.74) is 1.71. The van der Waals surface area contributed by atoms with Crippen LogP contribution in [0.1, 0.15) is 22.8 Å². The largest absolute Gasteiger partial charge is 0.465 e. The molecule has 98 valence electrons. The molecule has 1 N–H and O–H groups in total. The minimum atomic E-state index is -0.256. The van der Waals surface area contributed by atoms with Crippen LogP contribution in [-0.4, -0.2) is 43.7 Å². The van der Waals surface area contributed by atoms with Crippen LogP contribution in [0.4, 0.5) is 0 Å². The Morgan fingerprint density at radius 3 is 3.00 bits per heavy atom. The summed E-state index contributed by atoms with van der Waals surface area (Å²) >= 11 is 0. The van der Waals surface area contributed by atoms with E-state index in [1.54, 1.807) is 0 Å². The van der Waals surface area contributed by atoms with Gasteiger partial charge in [0.15, 0.2) is 0 Å². The van der Waals surface area contributed by atoms with Crippen molar-refractivity contribution in [1.82, 2.24) is 10.2 Å². The smallest absolute Gasteiger partial charge is 0.338 e. The molecule has 0 amide bonds. The van der Waals surface area contributed by atoms with Crippen molar-refractivity contribution in [2.45, 2.75) is 19.5 Å². The van der Waals surface area contributed by atoms with Gasteiger partial charge in [-0.25, -0.2) is 4.79 Å². The number of nitrogens with zero attached hydrogens (tertiary/aromatic N) is 1. The number of esters is 1. The predicted molar refractivity (Wildman–Crippen MR) is 70.5 cm³/mol. The van der Waals surface area contributed by atoms with E-state index in [4.69, 9.17) is 4.74 Å². The van der Waals surface area contributed by atoms with Crippen molar-refractivity contribution in [1.29, 1.82) is 0 Å². The molecule has 1 aliphatic rings. The zero-order chi connectivity index (χ0) is 13.0. The summed E-state index contributed by atoms with van der Waals surface area (Å²) in [5.74, 6) is -0.256. The average molecular weight is 248 g/mol. The van der Waals surface area contributed by atoms with Crippen molar-refractivity contribution >= 4 is 5.97 Å². The van der Waals surface area contributed by atoms with Crippen molar-refractivity contribution < 1.29 is 9.53 Å². The molecule has 0 saturated carbocycles. The van der Waals surface area contributed by atoms with Crippen molar-refractivity contribution in [3.05, 3.63) is 35.4 Å². The van der Waals surface area contributed by atoms with E-state index in [1.807, 2.05) is 24.3 Å². The van der Waals surface area contributed by atoms with E-state index in [0.29, 0.717) is 11.6 Å². The third kappa shape index (κ3) is 2.89. The van der Waals surface area contributed by atoms with Gasteiger partial charge in [0.1, 0.15) is 0 Å². The Labute approximate surface area is 108 Å². The van der Waals surface area contributed by atoms with Gasteiger partial charge in [0.2, 0.25) is 0 Å². The van der Waals surface area contributed by atoms with Crippen LogP contribution in [0.3, 0.4) is 0 Å². The lowest BCUT2D eigenvalue weighted by molar-refractivity contribution is 0.0597. The van der Waals surface area contributed by atoms with Crippen molar-refractivity contribution in [2.24, 2.45) is 0 Å². The van der Waals surface area contributed by atoms with Gasteiger partial charge in [0, 0.05) is 32.2 Å². The number of benzene rings is 1. The van der Waals surface area contributed by atoms with E-state index in [9.17, 15) is 4.79 Å². The number of methoxy groups -OCH3 is 1. The molecule has 1 aromatic rings. The molecule has 18 heavy (non-hydrogen) atoms. The Bertz CT molecular complexity index is 420. The van der Waals surface area contributed by atoms with E-state index >= 15 is 0 Å². The van der Waals surface area contributed by atoms with Gasteiger partial charge in [-0.3, -0.25) is 4.90 Å². The maximum atomic E-state index is 11.7. The Morgan fingerprint density at radius 1 is 1.50 bits per heavy atom. The third-order valence-electron chi connectivity index (χ3n) is 3.43. The van der Waals surface area contributed by atoms with Crippen LogP contribution in [-0.2, 0) is 11.3 Å². The van der Waals surface area contributed by atoms with Gasteiger partial charge in [-0.1, -0.05) is 18.2 Å². The SMILES string of the molecule is COC(=O)c1ccccc1CN1CCNCC1C. The van der Waals surface area contributed by atoms with Crippen LogP contribution >= 0.6 is 0 Å². The average Bonchev–Trinajstić information content (AvgIpc) is 2.41. The van der Waals surface area contributed by atoms with Crippen LogP contribution in [0, 0.1) is 0 Å². The first-order valence-electron chi connectivity index (χ1n) is 6.33. The molecule has 1 aromatic carbocycles. The van der Waals surface area contributed by atoms with Crippen molar-refractivity contribution in [3.63, 3.8) is 0 Å². The van der Waals surface area contributed by atoms with E-state index in [1.165, 1.54) is 7.11 Å². The van der Waals surface area contributed by atoms with Crippen molar-refractivity contribution in [3.8, 4) is 0 Å². The van der Waals surface area contributed by atoms with Crippen LogP contribution in [0.5, 0.6) is 0 Å². The summed E-state index contributed by atoms with van der Waals surface area (Å²) in [6.07, 6.45) is 0. The Morgan fingerprint density at radius 2 is 2.28 bits per heavy atom. The molecule has 0 aromatic heterocycles. The first-order chi connectivity index (χ1) is 8.72. The molecule has 1 atom stereocenters. The fraction of sp³-hybridized carbons (Fsp3) is 0.500. The number of ether oxygens (including phenoxy) is 1. The van der Waals surface area contributed by atoms with E-state index in [-0.39, 0.29) is 5.97 Å². The molecule has 1 aliphatic heterocycles. The Kier molecular flexibility index (Phi) is 4.33. The maximum Gasteiger partial charge on any atom is 0.338 e. The van der Waals surface area contributed by atoms with Crippen LogP contribution in [0.25, 0.3) is 0 Å². The molecular formula is C14H20N2O2. The fourth-order valence-electron chi connectivity index (χ4n) is 2.30. The number of piperazine rings is 1. The number of carbonyl (C=O) groups is 1. The lowest BCUT2D eigenvalue weighted by atomic mass is 10.1. The lowest BCUT2D eigenvalue weighted by Gasteiger charge is -2.34. The van der Waals surface area contributed by atoms with Gasteiger partial charge in [0.25, 0.3) is 0 Å². The molecule has 0 aliphatic carbocycles. The van der Waals surface area contributed by atoms with Gasteiger partial charge < -0.3 is 10.1 Å². The third-order valence-corrected chi connectivity index (χ3v) is 3.43. The second-order valence-electron chi connectivity index (χ2n) is 4.67. The van der Waals surface area contributed by atoms with Gasteiger partial charge in [0.05, 0.1) is 12.7 Å². The summed E-state index contributed by atoms with van der Waals surface area (Å²) in [6.45, 7) is 6.02. The molecule has 1 saturated heterocycles. The Balaban J connectivity index is 2.15. The molecule has 0 bridgehead atoms. The van der Waals surface area contributed by atoms with E-state index < -0.39 is 0 Å². The van der Waals surface area contributed by atoms with Crippen LogP contribution in [0.15, 0.2) is 24.3 Å². The summed E-state index contributed by atoms with van der Waals surface area (Å²) < 4.78 is 4.82. The van der Waals surface area contributed by atoms with Gasteiger partial charge in [-0.05, 0) is 18.6 Å². The minimum absolute atomic E-state index is 0.256. The maximum absolute atomic E-state index is 11.7. The highest BCUT2D eigenvalue weighted by atomic mass is 16.5. The van der Waals surface area contributed by atoms with Gasteiger partial charge >= 0.3 is 5.97 Å². The highest BCUT2D eigenvalue weighted by Crippen LogP contribution is 2.15. The first-order valence-corrected chi connectivity index (χ1v) is 6.33. The lowest BCUT2D eigenvalue weighted by Crippen LogP contribution is -2.49. The van der Waals surface area contributed by atoms with Crippen LogP contribution < -0.4 is 5.32 Å². The second-order valence-corrected chi connectivity index (χ2v) is 4.67. The summed E-state index contributed by atoms with van der Waals surface area (Å²) in [6, 6.07) is 8.16. The second kappa shape index (κ2) is 5.98. The molecule has 1 heterocycles. The molecule has 4 nitrogen and oxygen atoms in total. The predicted octanol–water partition coefficient (Wildman–Crippen LogP) is 1.27. The fourth-order valence-corrected chi connectivity index (χ4v) is 2.30. The standard InChI is InChI=1S/C14H20N2O2/c1-11-9-15-7-8-16(11)10-12-5-3-4-6-13(12)14(17)18-2/h3-6,11,15H,7-10H2,1-2H3. The monoisotopic (exact) mass is 248 g/mol. The molecule has 1 fully saturated rings. The van der Waals surface area contributed by atoms with Gasteiger partial charge in [-0.15, -0.1) is 0 Å². The first kappa shape index (κ1) is 13.1. The molecule has 1 unspecified atom stereocenters.